The van der Waals surface area contributed by atoms with E-state index in [1.807, 2.05) is 0 Å². The summed E-state index contributed by atoms with van der Waals surface area (Å²) in [5, 5.41) is 0. The van der Waals surface area contributed by atoms with Crippen LogP contribution in [0.15, 0.2) is 18.2 Å². The summed E-state index contributed by atoms with van der Waals surface area (Å²) in [7, 11) is 3.57. The van der Waals surface area contributed by atoms with E-state index in [0.717, 1.165) is 24.6 Å². The average Bonchev–Trinajstić information content (AvgIpc) is 3.20. The molecule has 0 atom stereocenters. The van der Waals surface area contributed by atoms with Gasteiger partial charge in [0, 0.05) is 12.6 Å². The molecule has 0 saturated heterocycles. The quantitative estimate of drug-likeness (QED) is 0.761. The third-order valence-corrected chi connectivity index (χ3v) is 3.37. The van der Waals surface area contributed by atoms with Gasteiger partial charge in [-0.05, 0) is 44.0 Å². The Hall–Kier alpha value is -1.36. The van der Waals surface area contributed by atoms with Gasteiger partial charge in [0.25, 0.3) is 0 Å². The van der Waals surface area contributed by atoms with Gasteiger partial charge in [0.1, 0.15) is 0 Å². The van der Waals surface area contributed by atoms with E-state index in [1.54, 1.807) is 12.1 Å². The highest BCUT2D eigenvalue weighted by Gasteiger charge is 2.25. The second-order valence-electron chi connectivity index (χ2n) is 4.83. The van der Waals surface area contributed by atoms with E-state index >= 15 is 0 Å². The standard InChI is InChI=1S/C14H19F2NO2/c1-17(11-4-5-11)8-7-10-3-6-12(19-14(15)16)13(9-10)18-2/h3,6,9,11,14H,4-5,7-8H2,1-2H3. The number of hydrogen-bond donors (Lipinski definition) is 0. The van der Waals surface area contributed by atoms with Crippen LogP contribution in [0, 0.1) is 0 Å². The molecule has 0 N–H and O–H groups in total. The molecule has 5 heteroatoms. The van der Waals surface area contributed by atoms with Crippen molar-refractivity contribution in [3.8, 4) is 11.5 Å². The predicted octanol–water partition coefficient (Wildman–Crippen LogP) is 2.93. The largest absolute Gasteiger partial charge is 0.493 e. The van der Waals surface area contributed by atoms with Crippen molar-refractivity contribution in [3.05, 3.63) is 23.8 Å². The number of hydrogen-bond acceptors (Lipinski definition) is 3. The number of halogens is 2. The van der Waals surface area contributed by atoms with Crippen LogP contribution >= 0.6 is 0 Å². The fourth-order valence-corrected chi connectivity index (χ4v) is 2.06. The molecular formula is C14H19F2NO2. The Kier molecular flexibility index (Phi) is 4.58. The minimum absolute atomic E-state index is 0.0804. The Morgan fingerprint density at radius 3 is 2.63 bits per heavy atom. The van der Waals surface area contributed by atoms with Crippen LogP contribution in [-0.4, -0.2) is 38.3 Å². The summed E-state index contributed by atoms with van der Waals surface area (Å²) in [5.74, 6) is 0.434. The highest BCUT2D eigenvalue weighted by atomic mass is 19.3. The number of benzene rings is 1. The predicted molar refractivity (Wildman–Crippen MR) is 69.0 cm³/mol. The molecule has 0 bridgehead atoms. The third kappa shape index (κ3) is 4.06. The lowest BCUT2D eigenvalue weighted by molar-refractivity contribution is -0.0512. The Morgan fingerprint density at radius 1 is 1.32 bits per heavy atom. The maximum atomic E-state index is 12.2. The molecule has 2 rings (SSSR count). The molecule has 1 aromatic rings. The van der Waals surface area contributed by atoms with Crippen LogP contribution in [0.2, 0.25) is 0 Å². The zero-order chi connectivity index (χ0) is 13.8. The Morgan fingerprint density at radius 2 is 2.05 bits per heavy atom. The molecule has 0 aromatic heterocycles. The molecule has 1 aliphatic rings. The van der Waals surface area contributed by atoms with E-state index in [1.165, 1.54) is 26.0 Å². The van der Waals surface area contributed by atoms with Crippen molar-refractivity contribution in [3.63, 3.8) is 0 Å². The second-order valence-corrected chi connectivity index (χ2v) is 4.83. The van der Waals surface area contributed by atoms with Gasteiger partial charge in [-0.15, -0.1) is 0 Å². The molecule has 1 aromatic carbocycles. The van der Waals surface area contributed by atoms with Gasteiger partial charge >= 0.3 is 6.61 Å². The number of nitrogens with zero attached hydrogens (tertiary/aromatic N) is 1. The zero-order valence-electron chi connectivity index (χ0n) is 11.2. The molecular weight excluding hydrogens is 252 g/mol. The lowest BCUT2D eigenvalue weighted by Crippen LogP contribution is -2.23. The number of alkyl halides is 2. The minimum Gasteiger partial charge on any atom is -0.493 e. The van der Waals surface area contributed by atoms with Gasteiger partial charge in [-0.25, -0.2) is 0 Å². The average molecular weight is 271 g/mol. The number of rotatable bonds is 7. The third-order valence-electron chi connectivity index (χ3n) is 3.37. The summed E-state index contributed by atoms with van der Waals surface area (Å²) >= 11 is 0. The maximum Gasteiger partial charge on any atom is 0.387 e. The summed E-state index contributed by atoms with van der Waals surface area (Å²) in [6.45, 7) is -1.87. The second kappa shape index (κ2) is 6.19. The highest BCUT2D eigenvalue weighted by Crippen LogP contribution is 2.30. The molecule has 1 aliphatic carbocycles. The van der Waals surface area contributed by atoms with Crippen molar-refractivity contribution in [2.24, 2.45) is 0 Å². The van der Waals surface area contributed by atoms with Gasteiger partial charge in [0.2, 0.25) is 0 Å². The molecule has 19 heavy (non-hydrogen) atoms. The number of methoxy groups -OCH3 is 1. The van der Waals surface area contributed by atoms with Crippen LogP contribution < -0.4 is 9.47 Å². The van der Waals surface area contributed by atoms with Crippen LogP contribution in [0.3, 0.4) is 0 Å². The molecule has 0 heterocycles. The first kappa shape index (κ1) is 14.1. The normalized spacial score (nSPS) is 15.1. The van der Waals surface area contributed by atoms with E-state index < -0.39 is 6.61 Å². The first-order valence-electron chi connectivity index (χ1n) is 6.42. The van der Waals surface area contributed by atoms with Crippen LogP contribution in [0.25, 0.3) is 0 Å². The first-order valence-corrected chi connectivity index (χ1v) is 6.42. The van der Waals surface area contributed by atoms with E-state index in [-0.39, 0.29) is 5.75 Å². The molecule has 106 valence electrons. The van der Waals surface area contributed by atoms with E-state index in [4.69, 9.17) is 4.74 Å². The Labute approximate surface area is 112 Å². The van der Waals surface area contributed by atoms with E-state index in [0.29, 0.717) is 5.75 Å². The van der Waals surface area contributed by atoms with Crippen molar-refractivity contribution in [1.29, 1.82) is 0 Å². The molecule has 0 spiro atoms. The van der Waals surface area contributed by atoms with Gasteiger partial charge in [-0.3, -0.25) is 0 Å². The molecule has 1 fully saturated rings. The van der Waals surface area contributed by atoms with Crippen molar-refractivity contribution < 1.29 is 18.3 Å². The van der Waals surface area contributed by atoms with Gasteiger partial charge in [0.05, 0.1) is 7.11 Å². The zero-order valence-corrected chi connectivity index (χ0v) is 11.2. The topological polar surface area (TPSA) is 21.7 Å². The van der Waals surface area contributed by atoms with Gasteiger partial charge in [-0.2, -0.15) is 8.78 Å². The molecule has 0 radical (unpaired) electrons. The van der Waals surface area contributed by atoms with E-state index in [2.05, 4.69) is 16.7 Å². The maximum absolute atomic E-state index is 12.2. The van der Waals surface area contributed by atoms with Gasteiger partial charge in [-0.1, -0.05) is 6.07 Å². The molecule has 0 aliphatic heterocycles. The summed E-state index contributed by atoms with van der Waals surface area (Å²) < 4.78 is 33.9. The van der Waals surface area contributed by atoms with Crippen LogP contribution in [0.4, 0.5) is 8.78 Å². The van der Waals surface area contributed by atoms with Gasteiger partial charge < -0.3 is 14.4 Å². The SMILES string of the molecule is COc1cc(CCN(C)C2CC2)ccc1OC(F)F. The Bertz CT molecular complexity index is 422. The monoisotopic (exact) mass is 271 g/mol. The number of likely N-dealkylation sites (N-methyl/N-ethyl adjacent to an activating group) is 1. The van der Waals surface area contributed by atoms with Crippen LogP contribution in [-0.2, 0) is 6.42 Å². The molecule has 3 nitrogen and oxygen atoms in total. The summed E-state index contributed by atoms with van der Waals surface area (Å²) in [6.07, 6.45) is 3.43. The smallest absolute Gasteiger partial charge is 0.387 e. The highest BCUT2D eigenvalue weighted by molar-refractivity contribution is 5.43. The van der Waals surface area contributed by atoms with Crippen LogP contribution in [0.5, 0.6) is 11.5 Å². The molecule has 0 unspecified atom stereocenters. The van der Waals surface area contributed by atoms with Crippen molar-refractivity contribution in [1.82, 2.24) is 4.90 Å². The summed E-state index contributed by atoms with van der Waals surface area (Å²) in [4.78, 5) is 2.33. The fraction of sp³-hybridized carbons (Fsp3) is 0.571. The van der Waals surface area contributed by atoms with E-state index in [9.17, 15) is 8.78 Å². The molecule has 1 saturated carbocycles. The minimum atomic E-state index is -2.83. The fourth-order valence-electron chi connectivity index (χ4n) is 2.06. The lowest BCUT2D eigenvalue weighted by Gasteiger charge is -2.16. The molecule has 0 amide bonds. The summed E-state index contributed by atoms with van der Waals surface area (Å²) in [5.41, 5.74) is 1.06. The van der Waals surface area contributed by atoms with Crippen LogP contribution in [0.1, 0.15) is 18.4 Å². The van der Waals surface area contributed by atoms with Crippen molar-refractivity contribution >= 4 is 0 Å². The van der Waals surface area contributed by atoms with Gasteiger partial charge in [0.15, 0.2) is 11.5 Å². The lowest BCUT2D eigenvalue weighted by atomic mass is 10.1. The summed E-state index contributed by atoms with van der Waals surface area (Å²) in [6, 6.07) is 5.83. The van der Waals surface area contributed by atoms with Crippen molar-refractivity contribution in [2.75, 3.05) is 20.7 Å². The van der Waals surface area contributed by atoms with Crippen molar-refractivity contribution in [2.45, 2.75) is 31.9 Å². The first-order chi connectivity index (χ1) is 9.10. The Balaban J connectivity index is 1.97. The number of ether oxygens (including phenoxy) is 2.